The number of carbonyl (C=O) groups is 1. The van der Waals surface area contributed by atoms with Gasteiger partial charge in [-0.3, -0.25) is 0 Å². The van der Waals surface area contributed by atoms with Crippen LogP contribution < -0.4 is 0 Å². The standard InChI is InChI=1S/C14H16N2O3/c17-14(18)12-4-1-5-16-8-11(15-13(12)16)7-10-3-2-6-19-9-10/h1,4-5,8,10H,2-3,6-7,9H2,(H,17,18). The third-order valence-electron chi connectivity index (χ3n) is 3.52. The summed E-state index contributed by atoms with van der Waals surface area (Å²) >= 11 is 0. The van der Waals surface area contributed by atoms with E-state index in [0.717, 1.165) is 38.2 Å². The van der Waals surface area contributed by atoms with E-state index in [4.69, 9.17) is 9.84 Å². The Morgan fingerprint density at radius 1 is 1.58 bits per heavy atom. The summed E-state index contributed by atoms with van der Waals surface area (Å²) in [6.07, 6.45) is 6.84. The van der Waals surface area contributed by atoms with E-state index >= 15 is 0 Å². The Bertz CT molecular complexity index is 600. The molecule has 1 atom stereocenters. The van der Waals surface area contributed by atoms with Crippen molar-refractivity contribution in [3.05, 3.63) is 35.8 Å². The fraction of sp³-hybridized carbons (Fsp3) is 0.429. The molecule has 5 nitrogen and oxygen atoms in total. The molecule has 0 aliphatic carbocycles. The van der Waals surface area contributed by atoms with Crippen molar-refractivity contribution in [2.24, 2.45) is 5.92 Å². The summed E-state index contributed by atoms with van der Waals surface area (Å²) < 4.78 is 7.24. The van der Waals surface area contributed by atoms with Crippen LogP contribution >= 0.6 is 0 Å². The van der Waals surface area contributed by atoms with Gasteiger partial charge in [0.2, 0.25) is 0 Å². The normalized spacial score (nSPS) is 19.7. The van der Waals surface area contributed by atoms with Gasteiger partial charge in [0.05, 0.1) is 5.69 Å². The second kappa shape index (κ2) is 5.01. The van der Waals surface area contributed by atoms with Crippen LogP contribution in [0.1, 0.15) is 28.9 Å². The number of aromatic nitrogens is 2. The third kappa shape index (κ3) is 2.46. The predicted molar refractivity (Wildman–Crippen MR) is 69.4 cm³/mol. The van der Waals surface area contributed by atoms with E-state index < -0.39 is 5.97 Å². The molecule has 100 valence electrons. The van der Waals surface area contributed by atoms with Crippen molar-refractivity contribution < 1.29 is 14.6 Å². The summed E-state index contributed by atoms with van der Waals surface area (Å²) in [5.74, 6) is -0.448. The number of aromatic carboxylic acids is 1. The zero-order chi connectivity index (χ0) is 13.2. The SMILES string of the molecule is O=C(O)c1cccn2cc(CC3CCCOC3)nc12. The van der Waals surface area contributed by atoms with Crippen LogP contribution in [0.4, 0.5) is 0 Å². The second-order valence-electron chi connectivity index (χ2n) is 4.98. The summed E-state index contributed by atoms with van der Waals surface area (Å²) in [6.45, 7) is 1.63. The molecule has 3 rings (SSSR count). The molecule has 1 aliphatic rings. The highest BCUT2D eigenvalue weighted by molar-refractivity contribution is 5.94. The zero-order valence-electron chi connectivity index (χ0n) is 10.6. The van der Waals surface area contributed by atoms with Gasteiger partial charge in [0.15, 0.2) is 5.65 Å². The van der Waals surface area contributed by atoms with Crippen molar-refractivity contribution in [3.8, 4) is 0 Å². The van der Waals surface area contributed by atoms with Crippen molar-refractivity contribution >= 4 is 11.6 Å². The molecule has 0 radical (unpaired) electrons. The Morgan fingerprint density at radius 2 is 2.47 bits per heavy atom. The lowest BCUT2D eigenvalue weighted by atomic mass is 9.97. The first-order valence-corrected chi connectivity index (χ1v) is 6.51. The molecule has 1 saturated heterocycles. The molecule has 0 saturated carbocycles. The van der Waals surface area contributed by atoms with E-state index in [1.54, 1.807) is 16.5 Å². The number of pyridine rings is 1. The summed E-state index contributed by atoms with van der Waals surface area (Å²) in [5, 5.41) is 9.14. The molecule has 0 amide bonds. The van der Waals surface area contributed by atoms with E-state index in [1.165, 1.54) is 0 Å². The largest absolute Gasteiger partial charge is 0.478 e. The molecule has 5 heteroatoms. The molecule has 19 heavy (non-hydrogen) atoms. The highest BCUT2D eigenvalue weighted by Gasteiger charge is 2.17. The van der Waals surface area contributed by atoms with Gasteiger partial charge in [0, 0.05) is 25.6 Å². The first-order chi connectivity index (χ1) is 9.24. The van der Waals surface area contributed by atoms with Gasteiger partial charge in [-0.25, -0.2) is 9.78 Å². The molecule has 1 aliphatic heterocycles. The lowest BCUT2D eigenvalue weighted by Crippen LogP contribution is -2.19. The van der Waals surface area contributed by atoms with Gasteiger partial charge >= 0.3 is 5.97 Å². The molecule has 1 N–H and O–H groups in total. The monoisotopic (exact) mass is 260 g/mol. The van der Waals surface area contributed by atoms with E-state index in [9.17, 15) is 4.79 Å². The summed E-state index contributed by atoms with van der Waals surface area (Å²) in [5.41, 5.74) is 1.69. The fourth-order valence-corrected chi connectivity index (χ4v) is 2.59. The Balaban J connectivity index is 1.88. The number of carboxylic acids is 1. The minimum absolute atomic E-state index is 0.244. The van der Waals surface area contributed by atoms with Crippen molar-refractivity contribution in [1.29, 1.82) is 0 Å². The average molecular weight is 260 g/mol. The van der Waals surface area contributed by atoms with Gasteiger partial charge in [0.25, 0.3) is 0 Å². The van der Waals surface area contributed by atoms with Crippen molar-refractivity contribution in [3.63, 3.8) is 0 Å². The molecule has 0 spiro atoms. The lowest BCUT2D eigenvalue weighted by molar-refractivity contribution is 0.0547. The van der Waals surface area contributed by atoms with E-state index in [1.807, 2.05) is 12.4 Å². The topological polar surface area (TPSA) is 63.8 Å². The van der Waals surface area contributed by atoms with E-state index in [2.05, 4.69) is 4.98 Å². The number of imidazole rings is 1. The van der Waals surface area contributed by atoms with Crippen LogP contribution in [0.5, 0.6) is 0 Å². The molecule has 1 unspecified atom stereocenters. The molecular weight excluding hydrogens is 244 g/mol. The number of nitrogens with zero attached hydrogens (tertiary/aromatic N) is 2. The van der Waals surface area contributed by atoms with Gasteiger partial charge in [-0.05, 0) is 37.3 Å². The van der Waals surface area contributed by atoms with Gasteiger partial charge in [-0.2, -0.15) is 0 Å². The molecule has 0 bridgehead atoms. The minimum atomic E-state index is -0.941. The van der Waals surface area contributed by atoms with Crippen molar-refractivity contribution in [1.82, 2.24) is 9.38 Å². The van der Waals surface area contributed by atoms with Gasteiger partial charge in [-0.15, -0.1) is 0 Å². The number of carboxylic acid groups (broad SMARTS) is 1. The fourth-order valence-electron chi connectivity index (χ4n) is 2.59. The molecule has 2 aromatic rings. The van der Waals surface area contributed by atoms with Crippen LogP contribution in [-0.4, -0.2) is 33.7 Å². The smallest absolute Gasteiger partial charge is 0.339 e. The molecular formula is C14H16N2O3. The number of ether oxygens (including phenoxy) is 1. The van der Waals surface area contributed by atoms with Crippen molar-refractivity contribution in [2.75, 3.05) is 13.2 Å². The lowest BCUT2D eigenvalue weighted by Gasteiger charge is -2.20. The van der Waals surface area contributed by atoms with Crippen molar-refractivity contribution in [2.45, 2.75) is 19.3 Å². The zero-order valence-corrected chi connectivity index (χ0v) is 10.6. The van der Waals surface area contributed by atoms with Gasteiger partial charge < -0.3 is 14.2 Å². The maximum atomic E-state index is 11.1. The van der Waals surface area contributed by atoms with Crippen LogP contribution in [0.15, 0.2) is 24.5 Å². The minimum Gasteiger partial charge on any atom is -0.478 e. The van der Waals surface area contributed by atoms with Crippen LogP contribution in [0.2, 0.25) is 0 Å². The summed E-state index contributed by atoms with van der Waals surface area (Å²) in [4.78, 5) is 15.6. The third-order valence-corrected chi connectivity index (χ3v) is 3.52. The number of hydrogen-bond donors (Lipinski definition) is 1. The van der Waals surface area contributed by atoms with E-state index in [0.29, 0.717) is 11.6 Å². The van der Waals surface area contributed by atoms with Crippen LogP contribution in [0.25, 0.3) is 5.65 Å². The van der Waals surface area contributed by atoms with Crippen LogP contribution in [-0.2, 0) is 11.2 Å². The quantitative estimate of drug-likeness (QED) is 0.916. The molecule has 1 fully saturated rings. The highest BCUT2D eigenvalue weighted by atomic mass is 16.5. The van der Waals surface area contributed by atoms with Crippen LogP contribution in [0, 0.1) is 5.92 Å². The number of rotatable bonds is 3. The average Bonchev–Trinajstić information content (AvgIpc) is 2.81. The Morgan fingerprint density at radius 3 is 3.21 bits per heavy atom. The maximum Gasteiger partial charge on any atom is 0.339 e. The molecule has 3 heterocycles. The second-order valence-corrected chi connectivity index (χ2v) is 4.98. The summed E-state index contributed by atoms with van der Waals surface area (Å²) in [7, 11) is 0. The molecule has 2 aromatic heterocycles. The number of hydrogen-bond acceptors (Lipinski definition) is 3. The van der Waals surface area contributed by atoms with Gasteiger partial charge in [0.1, 0.15) is 5.56 Å². The van der Waals surface area contributed by atoms with E-state index in [-0.39, 0.29) is 5.56 Å². The first kappa shape index (κ1) is 12.2. The Kier molecular flexibility index (Phi) is 3.21. The highest BCUT2D eigenvalue weighted by Crippen LogP contribution is 2.19. The van der Waals surface area contributed by atoms with Crippen LogP contribution in [0.3, 0.4) is 0 Å². The van der Waals surface area contributed by atoms with Gasteiger partial charge in [-0.1, -0.05) is 0 Å². The number of fused-ring (bicyclic) bond motifs is 1. The maximum absolute atomic E-state index is 11.1. The predicted octanol–water partition coefficient (Wildman–Crippen LogP) is 2.00. The Hall–Kier alpha value is -1.88. The summed E-state index contributed by atoms with van der Waals surface area (Å²) in [6, 6.07) is 3.31. The molecule has 0 aromatic carbocycles. The Labute approximate surface area is 110 Å². The first-order valence-electron chi connectivity index (χ1n) is 6.51.